The summed E-state index contributed by atoms with van der Waals surface area (Å²) < 4.78 is 11.0. The molecule has 1 unspecified atom stereocenters. The van der Waals surface area contributed by atoms with E-state index in [1.807, 2.05) is 24.3 Å². The van der Waals surface area contributed by atoms with Gasteiger partial charge in [0.2, 0.25) is 11.8 Å². The summed E-state index contributed by atoms with van der Waals surface area (Å²) >= 11 is 0. The van der Waals surface area contributed by atoms with E-state index in [0.29, 0.717) is 22.7 Å². The molecular weight excluding hydrogens is 422 g/mol. The first-order valence-corrected chi connectivity index (χ1v) is 10.3. The Morgan fingerprint density at radius 3 is 2.61 bits per heavy atom. The first kappa shape index (κ1) is 20.4. The van der Waals surface area contributed by atoms with Gasteiger partial charge in [-0.15, -0.1) is 6.58 Å². The highest BCUT2D eigenvalue weighted by Gasteiger charge is 2.44. The van der Waals surface area contributed by atoms with Gasteiger partial charge in [-0.3, -0.25) is 14.4 Å². The van der Waals surface area contributed by atoms with Crippen LogP contribution in [0.15, 0.2) is 88.4 Å². The van der Waals surface area contributed by atoms with Gasteiger partial charge in [0, 0.05) is 12.1 Å². The van der Waals surface area contributed by atoms with Gasteiger partial charge in [-0.2, -0.15) is 0 Å². The number of rotatable bonds is 6. The average molecular weight is 441 g/mol. The second-order valence-electron chi connectivity index (χ2n) is 7.54. The van der Waals surface area contributed by atoms with Crippen LogP contribution in [-0.2, 0) is 9.59 Å². The van der Waals surface area contributed by atoms with Gasteiger partial charge in [0.15, 0.2) is 11.3 Å². The van der Waals surface area contributed by atoms with Crippen LogP contribution in [-0.4, -0.2) is 40.2 Å². The molecule has 1 aliphatic heterocycles. The number of anilines is 1. The Labute approximate surface area is 188 Å². The molecule has 3 amide bonds. The Balaban J connectivity index is 1.40. The Morgan fingerprint density at radius 1 is 1.12 bits per heavy atom. The minimum absolute atomic E-state index is 0.0956. The minimum atomic E-state index is -0.940. The average Bonchev–Trinajstić information content (AvgIpc) is 3.56. The first-order valence-electron chi connectivity index (χ1n) is 10.3. The number of imide groups is 1. The number of hydrogen-bond donors (Lipinski definition) is 0. The predicted molar refractivity (Wildman–Crippen MR) is 120 cm³/mol. The third-order valence-corrected chi connectivity index (χ3v) is 5.48. The molecule has 4 aromatic rings. The van der Waals surface area contributed by atoms with Crippen LogP contribution in [0.3, 0.4) is 0 Å². The fourth-order valence-corrected chi connectivity index (χ4v) is 3.91. The highest BCUT2D eigenvalue weighted by Crippen LogP contribution is 2.30. The van der Waals surface area contributed by atoms with Crippen molar-refractivity contribution in [2.24, 2.45) is 0 Å². The van der Waals surface area contributed by atoms with Gasteiger partial charge in [0.05, 0.1) is 18.4 Å². The van der Waals surface area contributed by atoms with Crippen LogP contribution in [0.25, 0.3) is 22.6 Å². The topological polar surface area (TPSA) is 96.9 Å². The number of aromatic nitrogens is 1. The van der Waals surface area contributed by atoms with Crippen LogP contribution >= 0.6 is 0 Å². The molecule has 3 heterocycles. The summed E-state index contributed by atoms with van der Waals surface area (Å²) in [4.78, 5) is 45.7. The SMILES string of the molecule is C=CCN(C(=O)c1ccco1)C1CC(=O)N(c2ccc(-c3nc4ccccc4o3)cc2)C1=O. The van der Waals surface area contributed by atoms with E-state index >= 15 is 0 Å². The monoisotopic (exact) mass is 441 g/mol. The molecule has 8 nitrogen and oxygen atoms in total. The fourth-order valence-electron chi connectivity index (χ4n) is 3.91. The normalized spacial score (nSPS) is 15.9. The zero-order chi connectivity index (χ0) is 22.9. The number of hydrogen-bond acceptors (Lipinski definition) is 6. The summed E-state index contributed by atoms with van der Waals surface area (Å²) in [5, 5.41) is 0. The summed E-state index contributed by atoms with van der Waals surface area (Å²) in [5.41, 5.74) is 2.55. The lowest BCUT2D eigenvalue weighted by Gasteiger charge is -2.25. The second kappa shape index (κ2) is 8.23. The molecule has 0 aliphatic carbocycles. The van der Waals surface area contributed by atoms with E-state index in [1.54, 1.807) is 30.3 Å². The van der Waals surface area contributed by atoms with Gasteiger partial charge < -0.3 is 13.7 Å². The van der Waals surface area contributed by atoms with Crippen LogP contribution in [0, 0.1) is 0 Å². The number of fused-ring (bicyclic) bond motifs is 1. The molecule has 33 heavy (non-hydrogen) atoms. The zero-order valence-corrected chi connectivity index (χ0v) is 17.5. The fraction of sp³-hybridized carbons (Fsp3) is 0.120. The molecule has 0 spiro atoms. The lowest BCUT2D eigenvalue weighted by Crippen LogP contribution is -2.45. The quantitative estimate of drug-likeness (QED) is 0.331. The first-order chi connectivity index (χ1) is 16.1. The number of oxazole rings is 1. The van der Waals surface area contributed by atoms with Crippen LogP contribution in [0.2, 0.25) is 0 Å². The number of carbonyl (C=O) groups is 3. The summed E-state index contributed by atoms with van der Waals surface area (Å²) in [6.45, 7) is 3.77. The van der Waals surface area contributed by atoms with Crippen molar-refractivity contribution < 1.29 is 23.2 Å². The van der Waals surface area contributed by atoms with Crippen molar-refractivity contribution in [3.05, 3.63) is 85.3 Å². The highest BCUT2D eigenvalue weighted by molar-refractivity contribution is 6.23. The number of carbonyl (C=O) groups excluding carboxylic acids is 3. The largest absolute Gasteiger partial charge is 0.459 e. The van der Waals surface area contributed by atoms with E-state index in [2.05, 4.69) is 11.6 Å². The molecule has 164 valence electrons. The Kier molecular flexibility index (Phi) is 5.10. The lowest BCUT2D eigenvalue weighted by atomic mass is 10.2. The van der Waals surface area contributed by atoms with Crippen LogP contribution < -0.4 is 4.90 Å². The summed E-state index contributed by atoms with van der Waals surface area (Å²) in [7, 11) is 0. The van der Waals surface area contributed by atoms with Gasteiger partial charge in [-0.05, 0) is 48.5 Å². The van der Waals surface area contributed by atoms with E-state index in [9.17, 15) is 14.4 Å². The summed E-state index contributed by atoms with van der Waals surface area (Å²) in [5.74, 6) is -0.796. The maximum absolute atomic E-state index is 13.2. The van der Waals surface area contributed by atoms with Crippen molar-refractivity contribution in [2.75, 3.05) is 11.4 Å². The van der Waals surface area contributed by atoms with Crippen molar-refractivity contribution >= 4 is 34.5 Å². The van der Waals surface area contributed by atoms with E-state index in [4.69, 9.17) is 8.83 Å². The maximum Gasteiger partial charge on any atom is 0.290 e. The molecule has 1 aliphatic rings. The lowest BCUT2D eigenvalue weighted by molar-refractivity contribution is -0.122. The maximum atomic E-state index is 13.2. The molecule has 2 aromatic carbocycles. The smallest absolute Gasteiger partial charge is 0.290 e. The van der Waals surface area contributed by atoms with Crippen molar-refractivity contribution in [1.82, 2.24) is 9.88 Å². The number of amides is 3. The van der Waals surface area contributed by atoms with E-state index in [-0.39, 0.29) is 24.6 Å². The van der Waals surface area contributed by atoms with Gasteiger partial charge in [0.25, 0.3) is 11.8 Å². The van der Waals surface area contributed by atoms with Crippen molar-refractivity contribution in [3.63, 3.8) is 0 Å². The van der Waals surface area contributed by atoms with Gasteiger partial charge in [-0.1, -0.05) is 18.2 Å². The van der Waals surface area contributed by atoms with E-state index in [1.165, 1.54) is 23.3 Å². The van der Waals surface area contributed by atoms with Gasteiger partial charge in [-0.25, -0.2) is 9.88 Å². The van der Waals surface area contributed by atoms with Crippen LogP contribution in [0.1, 0.15) is 17.0 Å². The molecule has 0 bridgehead atoms. The number of furan rings is 1. The van der Waals surface area contributed by atoms with E-state index < -0.39 is 17.9 Å². The number of para-hydroxylation sites is 2. The van der Waals surface area contributed by atoms with Crippen molar-refractivity contribution in [3.8, 4) is 11.5 Å². The highest BCUT2D eigenvalue weighted by atomic mass is 16.3. The van der Waals surface area contributed by atoms with Crippen LogP contribution in [0.5, 0.6) is 0 Å². The molecule has 0 radical (unpaired) electrons. The summed E-state index contributed by atoms with van der Waals surface area (Å²) in [6, 6.07) is 16.4. The third-order valence-electron chi connectivity index (χ3n) is 5.48. The van der Waals surface area contributed by atoms with Crippen molar-refractivity contribution in [2.45, 2.75) is 12.5 Å². The Hall–Kier alpha value is -4.46. The summed E-state index contributed by atoms with van der Waals surface area (Å²) in [6.07, 6.45) is 2.77. The Bertz CT molecular complexity index is 1320. The molecule has 8 heteroatoms. The predicted octanol–water partition coefficient (Wildman–Crippen LogP) is 4.05. The standard InChI is InChI=1S/C25H19N3O5/c1-2-13-27(25(31)21-8-5-14-32-21)19-15-22(29)28(24(19)30)17-11-9-16(10-12-17)23-26-18-6-3-4-7-20(18)33-23/h2-12,14,19H,1,13,15H2. The number of benzene rings is 2. The van der Waals surface area contributed by atoms with Gasteiger partial charge in [0.1, 0.15) is 11.6 Å². The molecule has 1 saturated heterocycles. The van der Waals surface area contributed by atoms with Gasteiger partial charge >= 0.3 is 0 Å². The van der Waals surface area contributed by atoms with Crippen LogP contribution in [0.4, 0.5) is 5.69 Å². The second-order valence-corrected chi connectivity index (χ2v) is 7.54. The number of nitrogens with zero attached hydrogens (tertiary/aromatic N) is 3. The molecule has 2 aromatic heterocycles. The van der Waals surface area contributed by atoms with E-state index in [0.717, 1.165) is 10.4 Å². The Morgan fingerprint density at radius 2 is 1.91 bits per heavy atom. The molecule has 0 saturated carbocycles. The zero-order valence-electron chi connectivity index (χ0n) is 17.5. The molecular formula is C25H19N3O5. The van der Waals surface area contributed by atoms with Crippen molar-refractivity contribution in [1.29, 1.82) is 0 Å². The minimum Gasteiger partial charge on any atom is -0.459 e. The molecule has 5 rings (SSSR count). The molecule has 0 N–H and O–H groups in total. The third kappa shape index (κ3) is 3.61. The molecule has 1 fully saturated rings. The molecule has 1 atom stereocenters.